The number of carbonyl (C=O) groups excluding carboxylic acids is 2. The van der Waals surface area contributed by atoms with Crippen LogP contribution in [0.15, 0.2) is 54.6 Å². The van der Waals surface area contributed by atoms with Gasteiger partial charge in [-0.2, -0.15) is 0 Å². The average molecular weight is 367 g/mol. The first-order valence-corrected chi connectivity index (χ1v) is 9.30. The number of amides is 2. The minimum atomic E-state index is -0.294. The standard InChI is InChI=1S/C23H30N2O2/c1-22(2,3)16-23(4,5)25-21(27)18-11-13-19(14-12-18)24-20(26)15-17-9-7-6-8-10-17/h6-14H,15-16H2,1-5H3,(H,24,26)(H,25,27). The fraction of sp³-hybridized carbons (Fsp3) is 0.391. The molecule has 0 aliphatic heterocycles. The molecule has 0 atom stereocenters. The van der Waals surface area contributed by atoms with Gasteiger partial charge in [0, 0.05) is 16.8 Å². The minimum Gasteiger partial charge on any atom is -0.347 e. The quantitative estimate of drug-likeness (QED) is 0.770. The van der Waals surface area contributed by atoms with Crippen LogP contribution in [0.5, 0.6) is 0 Å². The maximum Gasteiger partial charge on any atom is 0.251 e. The molecule has 0 spiro atoms. The molecule has 144 valence electrons. The number of rotatable bonds is 6. The topological polar surface area (TPSA) is 58.2 Å². The smallest absolute Gasteiger partial charge is 0.251 e. The van der Waals surface area contributed by atoms with Gasteiger partial charge in [-0.1, -0.05) is 51.1 Å². The number of nitrogens with one attached hydrogen (secondary N) is 2. The first-order chi connectivity index (χ1) is 12.5. The van der Waals surface area contributed by atoms with Gasteiger partial charge in [0.1, 0.15) is 0 Å². The van der Waals surface area contributed by atoms with Crippen molar-refractivity contribution in [2.45, 2.75) is 53.0 Å². The molecule has 0 aromatic heterocycles. The van der Waals surface area contributed by atoms with Gasteiger partial charge in [0.15, 0.2) is 0 Å². The van der Waals surface area contributed by atoms with Crippen molar-refractivity contribution in [2.24, 2.45) is 5.41 Å². The molecule has 0 saturated heterocycles. The van der Waals surface area contributed by atoms with E-state index >= 15 is 0 Å². The van der Waals surface area contributed by atoms with Crippen molar-refractivity contribution in [1.29, 1.82) is 0 Å². The third-order valence-corrected chi connectivity index (χ3v) is 4.06. The Balaban J connectivity index is 1.94. The van der Waals surface area contributed by atoms with Crippen LogP contribution in [-0.4, -0.2) is 17.4 Å². The van der Waals surface area contributed by atoms with E-state index in [1.807, 2.05) is 44.2 Å². The van der Waals surface area contributed by atoms with E-state index in [4.69, 9.17) is 0 Å². The number of benzene rings is 2. The Morgan fingerprint density at radius 3 is 2.00 bits per heavy atom. The Bertz CT molecular complexity index is 772. The van der Waals surface area contributed by atoms with Crippen LogP contribution in [0.4, 0.5) is 5.69 Å². The van der Waals surface area contributed by atoms with Crippen LogP contribution in [0.1, 0.15) is 57.0 Å². The van der Waals surface area contributed by atoms with Gasteiger partial charge in [-0.15, -0.1) is 0 Å². The van der Waals surface area contributed by atoms with Crippen LogP contribution in [0.2, 0.25) is 0 Å². The maximum atomic E-state index is 12.5. The lowest BCUT2D eigenvalue weighted by Crippen LogP contribution is -2.45. The number of carbonyl (C=O) groups is 2. The van der Waals surface area contributed by atoms with Crippen LogP contribution in [0.25, 0.3) is 0 Å². The summed E-state index contributed by atoms with van der Waals surface area (Å²) in [5, 5.41) is 5.96. The molecule has 0 aliphatic rings. The second-order valence-electron chi connectivity index (χ2n) is 8.86. The zero-order chi connectivity index (χ0) is 20.1. The predicted molar refractivity (Wildman–Crippen MR) is 111 cm³/mol. The van der Waals surface area contributed by atoms with E-state index in [-0.39, 0.29) is 22.8 Å². The molecule has 2 amide bonds. The van der Waals surface area contributed by atoms with Crippen molar-refractivity contribution in [2.75, 3.05) is 5.32 Å². The van der Waals surface area contributed by atoms with Gasteiger partial charge in [0.05, 0.1) is 6.42 Å². The van der Waals surface area contributed by atoms with E-state index in [0.717, 1.165) is 12.0 Å². The summed E-state index contributed by atoms with van der Waals surface area (Å²) in [6, 6.07) is 16.6. The molecular formula is C23H30N2O2. The Labute approximate surface area is 162 Å². The molecule has 2 N–H and O–H groups in total. The number of anilines is 1. The summed E-state index contributed by atoms with van der Waals surface area (Å²) in [7, 11) is 0. The van der Waals surface area contributed by atoms with E-state index in [1.165, 1.54) is 0 Å². The molecule has 0 radical (unpaired) electrons. The molecule has 0 saturated carbocycles. The summed E-state index contributed by atoms with van der Waals surface area (Å²) in [5.41, 5.74) is 2.06. The van der Waals surface area contributed by atoms with Gasteiger partial charge >= 0.3 is 0 Å². The molecule has 4 nitrogen and oxygen atoms in total. The zero-order valence-corrected chi connectivity index (χ0v) is 16.9. The van der Waals surface area contributed by atoms with Crippen LogP contribution in [-0.2, 0) is 11.2 Å². The molecule has 2 aromatic rings. The lowest BCUT2D eigenvalue weighted by Gasteiger charge is -2.33. The molecule has 2 rings (SSSR count). The lowest BCUT2D eigenvalue weighted by molar-refractivity contribution is -0.115. The third-order valence-electron chi connectivity index (χ3n) is 4.06. The van der Waals surface area contributed by atoms with Crippen molar-refractivity contribution in [3.63, 3.8) is 0 Å². The van der Waals surface area contributed by atoms with Gasteiger partial charge in [-0.05, 0) is 55.5 Å². The van der Waals surface area contributed by atoms with Crippen molar-refractivity contribution in [3.05, 3.63) is 65.7 Å². The van der Waals surface area contributed by atoms with Crippen LogP contribution in [0, 0.1) is 5.41 Å². The molecule has 0 aliphatic carbocycles. The summed E-state index contributed by atoms with van der Waals surface area (Å²) in [5.74, 6) is -0.184. The summed E-state index contributed by atoms with van der Waals surface area (Å²) in [6.07, 6.45) is 1.20. The predicted octanol–water partition coefficient (Wildman–Crippen LogP) is 4.81. The van der Waals surface area contributed by atoms with Gasteiger partial charge in [-0.3, -0.25) is 9.59 Å². The van der Waals surface area contributed by atoms with Crippen LogP contribution >= 0.6 is 0 Å². The first kappa shape index (κ1) is 20.7. The van der Waals surface area contributed by atoms with E-state index in [9.17, 15) is 9.59 Å². The third kappa shape index (κ3) is 7.26. The van der Waals surface area contributed by atoms with Gasteiger partial charge in [0.25, 0.3) is 5.91 Å². The lowest BCUT2D eigenvalue weighted by atomic mass is 9.81. The largest absolute Gasteiger partial charge is 0.347 e. The van der Waals surface area contributed by atoms with Crippen molar-refractivity contribution in [3.8, 4) is 0 Å². The molecule has 0 heterocycles. The Morgan fingerprint density at radius 1 is 0.852 bits per heavy atom. The van der Waals surface area contributed by atoms with E-state index in [0.29, 0.717) is 17.7 Å². The highest BCUT2D eigenvalue weighted by Gasteiger charge is 2.27. The van der Waals surface area contributed by atoms with Crippen LogP contribution < -0.4 is 10.6 Å². The highest BCUT2D eigenvalue weighted by molar-refractivity contribution is 5.96. The van der Waals surface area contributed by atoms with Gasteiger partial charge < -0.3 is 10.6 Å². The van der Waals surface area contributed by atoms with Crippen molar-refractivity contribution < 1.29 is 9.59 Å². The zero-order valence-electron chi connectivity index (χ0n) is 16.9. The normalized spacial score (nSPS) is 11.7. The van der Waals surface area contributed by atoms with E-state index < -0.39 is 0 Å². The molecule has 0 unspecified atom stereocenters. The Hall–Kier alpha value is -2.62. The fourth-order valence-corrected chi connectivity index (χ4v) is 3.44. The van der Waals surface area contributed by atoms with Gasteiger partial charge in [0.2, 0.25) is 5.91 Å². The highest BCUT2D eigenvalue weighted by Crippen LogP contribution is 2.27. The number of hydrogen-bond acceptors (Lipinski definition) is 2. The average Bonchev–Trinajstić information content (AvgIpc) is 2.53. The molecule has 4 heteroatoms. The van der Waals surface area contributed by atoms with Gasteiger partial charge in [-0.25, -0.2) is 0 Å². The second-order valence-corrected chi connectivity index (χ2v) is 8.86. The summed E-state index contributed by atoms with van der Waals surface area (Å²) in [4.78, 5) is 24.7. The highest BCUT2D eigenvalue weighted by atomic mass is 16.2. The molecule has 0 bridgehead atoms. The van der Waals surface area contributed by atoms with E-state index in [1.54, 1.807) is 24.3 Å². The second kappa shape index (κ2) is 8.38. The van der Waals surface area contributed by atoms with Crippen molar-refractivity contribution in [1.82, 2.24) is 5.32 Å². The Kier molecular flexibility index (Phi) is 6.42. The van der Waals surface area contributed by atoms with Crippen LogP contribution in [0.3, 0.4) is 0 Å². The number of hydrogen-bond donors (Lipinski definition) is 2. The maximum absolute atomic E-state index is 12.5. The molecule has 2 aromatic carbocycles. The molecule has 27 heavy (non-hydrogen) atoms. The molecular weight excluding hydrogens is 336 g/mol. The summed E-state index contributed by atoms with van der Waals surface area (Å²) in [6.45, 7) is 10.6. The SMILES string of the molecule is CC(C)(C)CC(C)(C)NC(=O)c1ccc(NC(=O)Cc2ccccc2)cc1. The Morgan fingerprint density at radius 2 is 1.44 bits per heavy atom. The van der Waals surface area contributed by atoms with Crippen molar-refractivity contribution >= 4 is 17.5 Å². The minimum absolute atomic E-state index is 0.0790. The summed E-state index contributed by atoms with van der Waals surface area (Å²) >= 11 is 0. The monoisotopic (exact) mass is 366 g/mol. The van der Waals surface area contributed by atoms with E-state index in [2.05, 4.69) is 31.4 Å². The fourth-order valence-electron chi connectivity index (χ4n) is 3.44. The summed E-state index contributed by atoms with van der Waals surface area (Å²) < 4.78 is 0. The first-order valence-electron chi connectivity index (χ1n) is 9.30. The molecule has 0 fully saturated rings.